The molecular formula is C14H19NO. The van der Waals surface area contributed by atoms with Gasteiger partial charge in [0.15, 0.2) is 0 Å². The molecule has 1 aromatic carbocycles. The molecule has 1 fully saturated rings. The molecule has 0 bridgehead atoms. The number of ether oxygens (including phenoxy) is 1. The first-order valence-electron chi connectivity index (χ1n) is 6.01. The van der Waals surface area contributed by atoms with Gasteiger partial charge in [-0.15, -0.1) is 0 Å². The number of hydrogen-bond acceptors (Lipinski definition) is 2. The number of hydrogen-bond donors (Lipinski definition) is 1. The minimum Gasteiger partial charge on any atom is -0.381 e. The predicted molar refractivity (Wildman–Crippen MR) is 66.2 cm³/mol. The largest absolute Gasteiger partial charge is 0.381 e. The second-order valence-electron chi connectivity index (χ2n) is 4.39. The SMILES string of the molecule is CCC(=N)C1(c2ccccc2)CCOCC1. The molecule has 2 nitrogen and oxygen atoms in total. The zero-order valence-electron chi connectivity index (χ0n) is 9.83. The Morgan fingerprint density at radius 3 is 2.44 bits per heavy atom. The van der Waals surface area contributed by atoms with E-state index in [9.17, 15) is 0 Å². The molecule has 1 aliphatic heterocycles. The molecule has 1 aromatic rings. The standard InChI is InChI=1S/C14H19NO/c1-2-13(15)14(8-10-16-11-9-14)12-6-4-3-5-7-12/h3-7,15H,2,8-11H2,1H3. The Kier molecular flexibility index (Phi) is 3.39. The maximum absolute atomic E-state index is 8.26. The Morgan fingerprint density at radius 1 is 1.25 bits per heavy atom. The van der Waals surface area contributed by atoms with E-state index >= 15 is 0 Å². The van der Waals surface area contributed by atoms with Crippen LogP contribution < -0.4 is 0 Å². The summed E-state index contributed by atoms with van der Waals surface area (Å²) >= 11 is 0. The average Bonchev–Trinajstić information content (AvgIpc) is 2.39. The summed E-state index contributed by atoms with van der Waals surface area (Å²) in [5.41, 5.74) is 2.07. The fourth-order valence-electron chi connectivity index (χ4n) is 2.58. The van der Waals surface area contributed by atoms with Crippen LogP contribution in [-0.2, 0) is 10.2 Å². The Morgan fingerprint density at radius 2 is 1.88 bits per heavy atom. The van der Waals surface area contributed by atoms with Crippen molar-refractivity contribution in [2.45, 2.75) is 31.6 Å². The summed E-state index contributed by atoms with van der Waals surface area (Å²) in [6.07, 6.45) is 2.72. The van der Waals surface area contributed by atoms with E-state index in [1.54, 1.807) is 0 Å². The average molecular weight is 217 g/mol. The van der Waals surface area contributed by atoms with Crippen molar-refractivity contribution >= 4 is 5.71 Å². The second-order valence-corrected chi connectivity index (χ2v) is 4.39. The molecule has 2 heteroatoms. The lowest BCUT2D eigenvalue weighted by molar-refractivity contribution is 0.0701. The quantitative estimate of drug-likeness (QED) is 0.775. The normalized spacial score (nSPS) is 19.3. The Hall–Kier alpha value is -1.15. The Balaban J connectivity index is 2.38. The van der Waals surface area contributed by atoms with Crippen molar-refractivity contribution in [1.82, 2.24) is 0 Å². The highest BCUT2D eigenvalue weighted by Gasteiger charge is 2.37. The maximum atomic E-state index is 8.26. The van der Waals surface area contributed by atoms with Crippen molar-refractivity contribution in [2.24, 2.45) is 0 Å². The van der Waals surface area contributed by atoms with Crippen LogP contribution in [0.4, 0.5) is 0 Å². The predicted octanol–water partition coefficient (Wildman–Crippen LogP) is 3.16. The van der Waals surface area contributed by atoms with E-state index in [2.05, 4.69) is 31.2 Å². The van der Waals surface area contributed by atoms with Crippen LogP contribution in [0.5, 0.6) is 0 Å². The molecule has 0 unspecified atom stereocenters. The van der Waals surface area contributed by atoms with Gasteiger partial charge in [0.2, 0.25) is 0 Å². The van der Waals surface area contributed by atoms with Gasteiger partial charge in [0.05, 0.1) is 0 Å². The molecule has 0 saturated carbocycles. The topological polar surface area (TPSA) is 33.1 Å². The minimum atomic E-state index is -0.0613. The Bertz CT molecular complexity index is 352. The highest BCUT2D eigenvalue weighted by molar-refractivity contribution is 5.92. The molecule has 0 radical (unpaired) electrons. The van der Waals surface area contributed by atoms with Crippen LogP contribution in [0.2, 0.25) is 0 Å². The molecule has 16 heavy (non-hydrogen) atoms. The third-order valence-corrected chi connectivity index (χ3v) is 3.60. The molecule has 2 rings (SSSR count). The summed E-state index contributed by atoms with van der Waals surface area (Å²) in [6.45, 7) is 3.62. The molecule has 1 N–H and O–H groups in total. The first kappa shape index (κ1) is 11.3. The van der Waals surface area contributed by atoms with Crippen molar-refractivity contribution in [3.05, 3.63) is 35.9 Å². The van der Waals surface area contributed by atoms with Crippen LogP contribution >= 0.6 is 0 Å². The van der Waals surface area contributed by atoms with Gasteiger partial charge in [-0.25, -0.2) is 0 Å². The second kappa shape index (κ2) is 4.79. The molecule has 1 aliphatic rings. The smallest absolute Gasteiger partial charge is 0.0478 e. The number of nitrogens with one attached hydrogen (secondary N) is 1. The van der Waals surface area contributed by atoms with Gasteiger partial charge in [-0.05, 0) is 24.8 Å². The van der Waals surface area contributed by atoms with E-state index in [0.717, 1.165) is 38.2 Å². The minimum absolute atomic E-state index is 0.0613. The lowest BCUT2D eigenvalue weighted by Gasteiger charge is -2.38. The highest BCUT2D eigenvalue weighted by atomic mass is 16.5. The van der Waals surface area contributed by atoms with Crippen molar-refractivity contribution in [1.29, 1.82) is 5.41 Å². The van der Waals surface area contributed by atoms with Crippen molar-refractivity contribution in [2.75, 3.05) is 13.2 Å². The molecule has 1 heterocycles. The van der Waals surface area contributed by atoms with E-state index in [4.69, 9.17) is 10.1 Å². The molecule has 0 atom stereocenters. The van der Waals surface area contributed by atoms with Crippen LogP contribution in [0.1, 0.15) is 31.7 Å². The van der Waals surface area contributed by atoms with Crippen LogP contribution in [0, 0.1) is 5.41 Å². The lowest BCUT2D eigenvalue weighted by Crippen LogP contribution is -2.40. The van der Waals surface area contributed by atoms with Crippen LogP contribution in [0.3, 0.4) is 0 Å². The van der Waals surface area contributed by atoms with Gasteiger partial charge in [0, 0.05) is 24.3 Å². The molecule has 1 saturated heterocycles. The van der Waals surface area contributed by atoms with Crippen molar-refractivity contribution < 1.29 is 4.74 Å². The fraction of sp³-hybridized carbons (Fsp3) is 0.500. The summed E-state index contributed by atoms with van der Waals surface area (Å²) in [5, 5.41) is 8.26. The molecule has 86 valence electrons. The van der Waals surface area contributed by atoms with E-state index in [0.29, 0.717) is 0 Å². The number of rotatable bonds is 3. The van der Waals surface area contributed by atoms with Crippen LogP contribution in [-0.4, -0.2) is 18.9 Å². The van der Waals surface area contributed by atoms with E-state index in [1.165, 1.54) is 5.56 Å². The molecular weight excluding hydrogens is 198 g/mol. The summed E-state index contributed by atoms with van der Waals surface area (Å²) in [6, 6.07) is 10.5. The first-order valence-corrected chi connectivity index (χ1v) is 6.01. The summed E-state index contributed by atoms with van der Waals surface area (Å²) in [7, 11) is 0. The van der Waals surface area contributed by atoms with Gasteiger partial charge in [0.25, 0.3) is 0 Å². The monoisotopic (exact) mass is 217 g/mol. The van der Waals surface area contributed by atoms with Crippen LogP contribution in [0.15, 0.2) is 30.3 Å². The summed E-state index contributed by atoms with van der Waals surface area (Å²) < 4.78 is 5.44. The third kappa shape index (κ3) is 1.90. The molecule has 0 spiro atoms. The van der Waals surface area contributed by atoms with E-state index < -0.39 is 0 Å². The third-order valence-electron chi connectivity index (χ3n) is 3.60. The first-order chi connectivity index (χ1) is 7.79. The van der Waals surface area contributed by atoms with Gasteiger partial charge in [0.1, 0.15) is 0 Å². The van der Waals surface area contributed by atoms with Crippen molar-refractivity contribution in [3.63, 3.8) is 0 Å². The van der Waals surface area contributed by atoms with E-state index in [1.807, 2.05) is 6.07 Å². The van der Waals surface area contributed by atoms with Gasteiger partial charge < -0.3 is 10.1 Å². The van der Waals surface area contributed by atoms with Crippen LogP contribution in [0.25, 0.3) is 0 Å². The van der Waals surface area contributed by atoms with Gasteiger partial charge in [-0.1, -0.05) is 37.3 Å². The van der Waals surface area contributed by atoms with Gasteiger partial charge >= 0.3 is 0 Å². The fourth-order valence-corrected chi connectivity index (χ4v) is 2.58. The number of benzene rings is 1. The van der Waals surface area contributed by atoms with Crippen molar-refractivity contribution in [3.8, 4) is 0 Å². The van der Waals surface area contributed by atoms with Gasteiger partial charge in [-0.2, -0.15) is 0 Å². The lowest BCUT2D eigenvalue weighted by atomic mass is 9.70. The maximum Gasteiger partial charge on any atom is 0.0478 e. The van der Waals surface area contributed by atoms with Gasteiger partial charge in [-0.3, -0.25) is 0 Å². The summed E-state index contributed by atoms with van der Waals surface area (Å²) in [5.74, 6) is 0. The zero-order valence-corrected chi connectivity index (χ0v) is 9.83. The van der Waals surface area contributed by atoms with E-state index in [-0.39, 0.29) is 5.41 Å². The molecule has 0 aromatic heterocycles. The Labute approximate surface area is 97.1 Å². The highest BCUT2D eigenvalue weighted by Crippen LogP contribution is 2.36. The molecule has 0 aliphatic carbocycles. The molecule has 0 amide bonds. The zero-order chi connectivity index (χ0) is 11.4. The summed E-state index contributed by atoms with van der Waals surface area (Å²) in [4.78, 5) is 0.